The summed E-state index contributed by atoms with van der Waals surface area (Å²) in [4.78, 5) is 22.1. The first-order valence-electron chi connectivity index (χ1n) is 5.29. The first kappa shape index (κ1) is 13.8. The van der Waals surface area contributed by atoms with Gasteiger partial charge in [-0.1, -0.05) is 0 Å². The van der Waals surface area contributed by atoms with Crippen LogP contribution in [0.15, 0.2) is 18.2 Å². The Morgan fingerprint density at radius 2 is 1.78 bits per heavy atom. The van der Waals surface area contributed by atoms with Crippen LogP contribution >= 0.6 is 0 Å². The first-order valence-corrected chi connectivity index (χ1v) is 5.29. The van der Waals surface area contributed by atoms with E-state index < -0.39 is 5.91 Å². The number of amides is 2. The van der Waals surface area contributed by atoms with E-state index in [1.165, 1.54) is 12.1 Å². The topological polar surface area (TPSA) is 133 Å². The fourth-order valence-electron chi connectivity index (χ4n) is 1.32. The van der Waals surface area contributed by atoms with Crippen LogP contribution < -0.4 is 22.5 Å². The Morgan fingerprint density at radius 3 is 2.33 bits per heavy atom. The molecular weight excluding hydrogens is 236 g/mol. The van der Waals surface area contributed by atoms with Crippen molar-refractivity contribution in [2.45, 2.75) is 0 Å². The van der Waals surface area contributed by atoms with Crippen molar-refractivity contribution >= 4 is 23.2 Å². The summed E-state index contributed by atoms with van der Waals surface area (Å²) in [5.74, 6) is -0.860. The van der Waals surface area contributed by atoms with Crippen LogP contribution in [0, 0.1) is 0 Å². The van der Waals surface area contributed by atoms with Crippen LogP contribution in [0.5, 0.6) is 0 Å². The molecular formula is C11H16N4O3. The molecule has 0 aromatic heterocycles. The molecule has 7 nitrogen and oxygen atoms in total. The summed E-state index contributed by atoms with van der Waals surface area (Å²) >= 11 is 0. The van der Waals surface area contributed by atoms with E-state index in [9.17, 15) is 9.59 Å². The number of anilines is 2. The molecule has 0 aliphatic heterocycles. The number of nitrogens with one attached hydrogen (secondary N) is 1. The summed E-state index contributed by atoms with van der Waals surface area (Å²) in [6, 6.07) is 4.61. The summed E-state index contributed by atoms with van der Waals surface area (Å²) in [5, 5.41) is 2.60. The molecule has 0 radical (unpaired) electrons. The molecule has 7 N–H and O–H groups in total. The molecule has 1 aromatic rings. The van der Waals surface area contributed by atoms with E-state index in [1.54, 1.807) is 6.07 Å². The maximum atomic E-state index is 11.7. The van der Waals surface area contributed by atoms with Gasteiger partial charge in [0.25, 0.3) is 5.91 Å². The number of carbonyl (C=O) groups is 2. The molecule has 1 rings (SSSR count). The summed E-state index contributed by atoms with van der Waals surface area (Å²) < 4.78 is 4.89. The minimum atomic E-state index is -0.551. The van der Waals surface area contributed by atoms with Crippen LogP contribution in [-0.2, 0) is 9.53 Å². The highest BCUT2D eigenvalue weighted by Crippen LogP contribution is 2.13. The molecule has 18 heavy (non-hydrogen) atoms. The average molecular weight is 252 g/mol. The molecule has 7 heteroatoms. The smallest absolute Gasteiger partial charge is 0.251 e. The lowest BCUT2D eigenvalue weighted by Crippen LogP contribution is -2.28. The molecule has 0 fully saturated rings. The minimum absolute atomic E-state index is 0.166. The van der Waals surface area contributed by atoms with Gasteiger partial charge in [-0.05, 0) is 18.2 Å². The van der Waals surface area contributed by atoms with Gasteiger partial charge in [0.1, 0.15) is 6.61 Å². The summed E-state index contributed by atoms with van der Waals surface area (Å²) in [6.07, 6.45) is 0. The number of hydrogen-bond acceptors (Lipinski definition) is 5. The predicted octanol–water partition coefficient (Wildman–Crippen LogP) is -0.917. The number of rotatable bonds is 6. The second kappa shape index (κ2) is 6.45. The lowest BCUT2D eigenvalue weighted by Gasteiger charge is -2.07. The molecule has 2 amide bonds. The van der Waals surface area contributed by atoms with E-state index in [-0.39, 0.29) is 25.7 Å². The van der Waals surface area contributed by atoms with Crippen LogP contribution in [0.1, 0.15) is 10.4 Å². The Kier molecular flexibility index (Phi) is 4.94. The highest BCUT2D eigenvalue weighted by atomic mass is 16.5. The number of nitrogen functional groups attached to an aromatic ring is 2. The second-order valence-electron chi connectivity index (χ2n) is 3.66. The van der Waals surface area contributed by atoms with Gasteiger partial charge in [-0.3, -0.25) is 9.59 Å². The zero-order valence-electron chi connectivity index (χ0n) is 9.81. The number of carbonyl (C=O) groups excluding carboxylic acids is 2. The van der Waals surface area contributed by atoms with Crippen molar-refractivity contribution in [3.05, 3.63) is 23.8 Å². The van der Waals surface area contributed by atoms with Gasteiger partial charge in [-0.25, -0.2) is 0 Å². The normalized spacial score (nSPS) is 10.0. The molecule has 0 aliphatic carbocycles. The highest BCUT2D eigenvalue weighted by molar-refractivity contribution is 5.96. The maximum Gasteiger partial charge on any atom is 0.251 e. The van der Waals surface area contributed by atoms with Gasteiger partial charge in [-0.15, -0.1) is 0 Å². The van der Waals surface area contributed by atoms with Crippen molar-refractivity contribution in [1.82, 2.24) is 5.32 Å². The molecule has 1 aromatic carbocycles. The molecule has 0 bridgehead atoms. The molecule has 98 valence electrons. The third-order valence-electron chi connectivity index (χ3n) is 2.02. The third kappa shape index (κ3) is 4.71. The van der Waals surface area contributed by atoms with E-state index in [2.05, 4.69) is 5.32 Å². The second-order valence-corrected chi connectivity index (χ2v) is 3.66. The lowest BCUT2D eigenvalue weighted by molar-refractivity contribution is -0.122. The SMILES string of the molecule is NC(=O)COCCNC(=O)c1cc(N)cc(N)c1. The van der Waals surface area contributed by atoms with Gasteiger partial charge in [0.2, 0.25) is 5.91 Å². The Labute approximate surface area is 104 Å². The van der Waals surface area contributed by atoms with E-state index >= 15 is 0 Å². The molecule has 0 aliphatic rings. The summed E-state index contributed by atoms with van der Waals surface area (Å²) in [6.45, 7) is 0.300. The Balaban J connectivity index is 2.38. The van der Waals surface area contributed by atoms with Crippen molar-refractivity contribution in [3.63, 3.8) is 0 Å². The largest absolute Gasteiger partial charge is 0.399 e. The summed E-state index contributed by atoms with van der Waals surface area (Å²) in [7, 11) is 0. The number of nitrogens with two attached hydrogens (primary N) is 3. The number of primary amides is 1. The van der Waals surface area contributed by atoms with E-state index in [0.29, 0.717) is 16.9 Å². The predicted molar refractivity (Wildman–Crippen MR) is 67.6 cm³/mol. The fraction of sp³-hybridized carbons (Fsp3) is 0.273. The van der Waals surface area contributed by atoms with Crippen LogP contribution in [-0.4, -0.2) is 31.6 Å². The lowest BCUT2D eigenvalue weighted by atomic mass is 10.1. The highest BCUT2D eigenvalue weighted by Gasteiger charge is 2.06. The van der Waals surface area contributed by atoms with Crippen LogP contribution in [0.25, 0.3) is 0 Å². The Hall–Kier alpha value is -2.28. The molecule has 0 spiro atoms. The molecule has 0 heterocycles. The van der Waals surface area contributed by atoms with Gasteiger partial charge >= 0.3 is 0 Å². The summed E-state index contributed by atoms with van der Waals surface area (Å²) in [5.41, 5.74) is 17.2. The number of hydrogen-bond donors (Lipinski definition) is 4. The van der Waals surface area contributed by atoms with Gasteiger partial charge in [0.05, 0.1) is 6.61 Å². The van der Waals surface area contributed by atoms with E-state index in [4.69, 9.17) is 21.9 Å². The first-order chi connectivity index (χ1) is 8.49. The Morgan fingerprint density at radius 1 is 1.17 bits per heavy atom. The monoisotopic (exact) mass is 252 g/mol. The van der Waals surface area contributed by atoms with Gasteiger partial charge in [0.15, 0.2) is 0 Å². The quantitative estimate of drug-likeness (QED) is 0.384. The standard InChI is InChI=1S/C11H16N4O3/c12-8-3-7(4-9(13)5-8)11(17)15-1-2-18-6-10(14)16/h3-5H,1-2,6,12-13H2,(H2,14,16)(H,15,17). The number of benzene rings is 1. The van der Waals surface area contributed by atoms with Crippen molar-refractivity contribution < 1.29 is 14.3 Å². The molecule has 0 saturated carbocycles. The fourth-order valence-corrected chi connectivity index (χ4v) is 1.32. The minimum Gasteiger partial charge on any atom is -0.399 e. The van der Waals surface area contributed by atoms with Gasteiger partial charge in [0, 0.05) is 23.5 Å². The van der Waals surface area contributed by atoms with Crippen molar-refractivity contribution in [1.29, 1.82) is 0 Å². The van der Waals surface area contributed by atoms with E-state index in [0.717, 1.165) is 0 Å². The van der Waals surface area contributed by atoms with Gasteiger partial charge < -0.3 is 27.3 Å². The van der Waals surface area contributed by atoms with Crippen LogP contribution in [0.3, 0.4) is 0 Å². The Bertz CT molecular complexity index is 428. The van der Waals surface area contributed by atoms with E-state index in [1.807, 2.05) is 0 Å². The van der Waals surface area contributed by atoms with Crippen molar-refractivity contribution in [2.75, 3.05) is 31.2 Å². The van der Waals surface area contributed by atoms with Crippen molar-refractivity contribution in [2.24, 2.45) is 5.73 Å². The zero-order valence-corrected chi connectivity index (χ0v) is 9.81. The molecule has 0 unspecified atom stereocenters. The van der Waals surface area contributed by atoms with Crippen molar-refractivity contribution in [3.8, 4) is 0 Å². The molecule has 0 atom stereocenters. The number of ether oxygens (including phenoxy) is 1. The third-order valence-corrected chi connectivity index (χ3v) is 2.02. The zero-order chi connectivity index (χ0) is 13.5. The van der Waals surface area contributed by atoms with Crippen LogP contribution in [0.4, 0.5) is 11.4 Å². The maximum absolute atomic E-state index is 11.7. The molecule has 0 saturated heterocycles. The average Bonchev–Trinajstić information content (AvgIpc) is 2.26. The van der Waals surface area contributed by atoms with Crippen LogP contribution in [0.2, 0.25) is 0 Å². The van der Waals surface area contributed by atoms with Gasteiger partial charge in [-0.2, -0.15) is 0 Å².